The van der Waals surface area contributed by atoms with Crippen LogP contribution in [0.25, 0.3) is 0 Å². The van der Waals surface area contributed by atoms with Crippen LogP contribution in [-0.2, 0) is 5.60 Å². The molecule has 0 radical (unpaired) electrons. The van der Waals surface area contributed by atoms with Crippen LogP contribution < -0.4 is 10.6 Å². The molecule has 2 bridgehead atoms. The molecule has 36 heavy (non-hydrogen) atoms. The number of aliphatic hydroxyl groups is 1. The zero-order valence-corrected chi connectivity index (χ0v) is 21.7. The Morgan fingerprint density at radius 3 is 2.03 bits per heavy atom. The average molecular weight is 490 g/mol. The lowest BCUT2D eigenvalue weighted by Crippen LogP contribution is -2.54. The number of rotatable bonds is 8. The number of hydrogen-bond acceptors (Lipinski definition) is 3. The van der Waals surface area contributed by atoms with E-state index in [1.54, 1.807) is 0 Å². The Morgan fingerprint density at radius 2 is 1.47 bits per heavy atom. The normalized spacial score (nSPS) is 27.4. The van der Waals surface area contributed by atoms with Crippen LogP contribution in [0, 0.1) is 17.8 Å². The van der Waals surface area contributed by atoms with Gasteiger partial charge in [0.05, 0.1) is 6.04 Å². The van der Waals surface area contributed by atoms with Crippen LogP contribution in [-0.4, -0.2) is 47.8 Å². The summed E-state index contributed by atoms with van der Waals surface area (Å²) < 4.78 is 0. The van der Waals surface area contributed by atoms with Gasteiger partial charge in [-0.2, -0.15) is 0 Å². The zero-order chi connectivity index (χ0) is 25.0. The van der Waals surface area contributed by atoms with Crippen molar-refractivity contribution in [1.82, 2.24) is 15.5 Å². The monoisotopic (exact) mass is 489 g/mol. The molecule has 3 fully saturated rings. The van der Waals surface area contributed by atoms with Crippen molar-refractivity contribution in [2.75, 3.05) is 19.6 Å². The maximum absolute atomic E-state index is 13.0. The lowest BCUT2D eigenvalue weighted by atomic mass is 9.81. The fourth-order valence-electron chi connectivity index (χ4n) is 7.04. The third-order valence-corrected chi connectivity index (χ3v) is 9.12. The summed E-state index contributed by atoms with van der Waals surface area (Å²) in [6.45, 7) is 5.78. The fourth-order valence-corrected chi connectivity index (χ4v) is 7.04. The molecule has 0 spiro atoms. The highest BCUT2D eigenvalue weighted by Gasteiger charge is 2.39. The van der Waals surface area contributed by atoms with E-state index < -0.39 is 11.6 Å². The van der Waals surface area contributed by atoms with E-state index in [-0.39, 0.29) is 12.1 Å². The Morgan fingerprint density at radius 1 is 0.917 bits per heavy atom. The van der Waals surface area contributed by atoms with Crippen molar-refractivity contribution in [1.29, 1.82) is 0 Å². The highest BCUT2D eigenvalue weighted by Crippen LogP contribution is 2.37. The highest BCUT2D eigenvalue weighted by molar-refractivity contribution is 5.75. The van der Waals surface area contributed by atoms with Crippen LogP contribution >= 0.6 is 0 Å². The number of hydrogen-bond donors (Lipinski definition) is 3. The number of likely N-dealkylation sites (tertiary alicyclic amines) is 1. The van der Waals surface area contributed by atoms with E-state index in [1.165, 1.54) is 58.2 Å². The summed E-state index contributed by atoms with van der Waals surface area (Å²) in [6, 6.07) is 18.7. The van der Waals surface area contributed by atoms with E-state index in [4.69, 9.17) is 0 Å². The second-order valence-electron chi connectivity index (χ2n) is 11.6. The first-order valence-electron chi connectivity index (χ1n) is 14.1. The number of urea groups is 1. The zero-order valence-electron chi connectivity index (χ0n) is 21.7. The van der Waals surface area contributed by atoms with Crippen molar-refractivity contribution in [3.8, 4) is 0 Å². The largest absolute Gasteiger partial charge is 0.378 e. The van der Waals surface area contributed by atoms with Gasteiger partial charge in [-0.3, -0.25) is 0 Å². The molecule has 5 heteroatoms. The summed E-state index contributed by atoms with van der Waals surface area (Å²) in [7, 11) is 0. The minimum absolute atomic E-state index is 0.194. The number of nitrogens with zero attached hydrogens (tertiary/aromatic N) is 1. The molecule has 3 N–H and O–H groups in total. The lowest BCUT2D eigenvalue weighted by molar-refractivity contribution is 0.0470. The van der Waals surface area contributed by atoms with Crippen molar-refractivity contribution >= 4 is 6.03 Å². The lowest BCUT2D eigenvalue weighted by Gasteiger charge is -2.37. The van der Waals surface area contributed by atoms with Gasteiger partial charge in [-0.25, -0.2) is 4.79 Å². The smallest absolute Gasteiger partial charge is 0.315 e. The third kappa shape index (κ3) is 5.78. The van der Waals surface area contributed by atoms with Gasteiger partial charge >= 0.3 is 6.03 Å². The van der Waals surface area contributed by atoms with E-state index in [2.05, 4.69) is 15.5 Å². The van der Waals surface area contributed by atoms with E-state index in [9.17, 15) is 9.90 Å². The van der Waals surface area contributed by atoms with Gasteiger partial charge in [0.15, 0.2) is 0 Å². The first-order chi connectivity index (χ1) is 17.5. The molecule has 194 valence electrons. The van der Waals surface area contributed by atoms with Crippen LogP contribution in [0.5, 0.6) is 0 Å². The third-order valence-electron chi connectivity index (χ3n) is 9.12. The summed E-state index contributed by atoms with van der Waals surface area (Å²) in [5, 5.41) is 18.1. The molecule has 0 aromatic heterocycles. The highest BCUT2D eigenvalue weighted by atomic mass is 16.3. The van der Waals surface area contributed by atoms with Crippen LogP contribution in [0.3, 0.4) is 0 Å². The Hall–Kier alpha value is -2.37. The van der Waals surface area contributed by atoms with Gasteiger partial charge in [0.25, 0.3) is 0 Å². The Labute approximate surface area is 216 Å². The summed E-state index contributed by atoms with van der Waals surface area (Å²) in [5.74, 6) is 2.71. The quantitative estimate of drug-likeness (QED) is 0.472. The first kappa shape index (κ1) is 25.3. The van der Waals surface area contributed by atoms with Crippen molar-refractivity contribution in [3.05, 3.63) is 71.8 Å². The molecule has 2 aliphatic carbocycles. The predicted molar refractivity (Wildman–Crippen MR) is 145 cm³/mol. The number of fused-ring (bicyclic) bond motifs is 2. The number of piperidine rings is 1. The van der Waals surface area contributed by atoms with Gasteiger partial charge in [0.2, 0.25) is 0 Å². The van der Waals surface area contributed by atoms with Crippen molar-refractivity contribution < 1.29 is 9.90 Å². The summed E-state index contributed by atoms with van der Waals surface area (Å²) in [6.07, 6.45) is 10.1. The van der Waals surface area contributed by atoms with Gasteiger partial charge in [0.1, 0.15) is 5.60 Å². The molecule has 5 nitrogen and oxygen atoms in total. The van der Waals surface area contributed by atoms with E-state index in [0.29, 0.717) is 0 Å². The second-order valence-corrected chi connectivity index (χ2v) is 11.6. The molecule has 3 aliphatic rings. The minimum Gasteiger partial charge on any atom is -0.378 e. The number of carbonyl (C=O) groups excluding carboxylic acids is 1. The number of carbonyl (C=O) groups is 1. The molecule has 1 aliphatic heterocycles. The topological polar surface area (TPSA) is 64.6 Å². The van der Waals surface area contributed by atoms with Crippen molar-refractivity contribution in [2.24, 2.45) is 17.8 Å². The SMILES string of the molecule is CC(NC(=O)NC1CCC(CCN2CC3CCC(C3)C2)CC1)C(O)(c1ccccc1)c1ccccc1. The molecule has 1 saturated heterocycles. The van der Waals surface area contributed by atoms with Crippen molar-refractivity contribution in [2.45, 2.75) is 76.0 Å². The van der Waals surface area contributed by atoms with Crippen LogP contribution in [0.1, 0.15) is 69.4 Å². The molecular weight excluding hydrogens is 446 g/mol. The summed E-state index contributed by atoms with van der Waals surface area (Å²) in [4.78, 5) is 15.7. The Balaban J connectivity index is 1.10. The van der Waals surface area contributed by atoms with Gasteiger partial charge < -0.3 is 20.6 Å². The molecular formula is C31H43N3O2. The Bertz CT molecular complexity index is 922. The van der Waals surface area contributed by atoms with E-state index in [1.807, 2.05) is 67.6 Å². The van der Waals surface area contributed by atoms with E-state index >= 15 is 0 Å². The van der Waals surface area contributed by atoms with Crippen LogP contribution in [0.15, 0.2) is 60.7 Å². The van der Waals surface area contributed by atoms with Crippen LogP contribution in [0.4, 0.5) is 4.79 Å². The van der Waals surface area contributed by atoms with E-state index in [0.717, 1.165) is 41.7 Å². The van der Waals surface area contributed by atoms with Gasteiger partial charge in [-0.15, -0.1) is 0 Å². The molecule has 3 unspecified atom stereocenters. The molecule has 3 atom stereocenters. The maximum atomic E-state index is 13.0. The minimum atomic E-state index is -1.31. The van der Waals surface area contributed by atoms with Crippen LogP contribution in [0.2, 0.25) is 0 Å². The maximum Gasteiger partial charge on any atom is 0.315 e. The standard InChI is InChI=1S/C31H43N3O2/c1-23(31(36,27-8-4-2-5-9-27)28-10-6-3-7-11-28)32-30(35)33-29-16-14-24(15-17-29)18-19-34-21-25-12-13-26(20-25)22-34/h2-11,23-26,29,36H,12-22H2,1H3,(H2,32,33,35). The summed E-state index contributed by atoms with van der Waals surface area (Å²) >= 11 is 0. The molecule has 1 heterocycles. The molecule has 2 aromatic carbocycles. The molecule has 5 rings (SSSR count). The van der Waals surface area contributed by atoms with Gasteiger partial charge in [-0.1, -0.05) is 60.7 Å². The Kier molecular flexibility index (Phi) is 7.97. The molecule has 2 aromatic rings. The number of benzene rings is 2. The average Bonchev–Trinajstić information content (AvgIpc) is 3.26. The number of nitrogens with one attached hydrogen (secondary N) is 2. The van der Waals surface area contributed by atoms with Crippen molar-refractivity contribution in [3.63, 3.8) is 0 Å². The number of amides is 2. The second kappa shape index (κ2) is 11.4. The van der Waals surface area contributed by atoms with Gasteiger partial charge in [0, 0.05) is 19.1 Å². The molecule has 2 saturated carbocycles. The first-order valence-corrected chi connectivity index (χ1v) is 14.1. The van der Waals surface area contributed by atoms with Gasteiger partial charge in [-0.05, 0) is 93.7 Å². The summed E-state index contributed by atoms with van der Waals surface area (Å²) in [5.41, 5.74) is 0.225. The predicted octanol–water partition coefficient (Wildman–Crippen LogP) is 5.29. The molecule has 2 amide bonds. The fraction of sp³-hybridized carbons (Fsp3) is 0.581.